The third-order valence-electron chi connectivity index (χ3n) is 3.71. The average molecular weight is 181 g/mol. The SMILES string of the molecule is CC1CN(C)C2CCCCC2C1=O. The number of Topliss-reactive ketones (excluding diaryl/α,β-unsaturated/α-hetero) is 1. The molecule has 0 aromatic heterocycles. The van der Waals surface area contributed by atoms with Crippen molar-refractivity contribution in [2.45, 2.75) is 38.6 Å². The van der Waals surface area contributed by atoms with Crippen LogP contribution in [0.5, 0.6) is 0 Å². The molecule has 0 amide bonds. The van der Waals surface area contributed by atoms with E-state index < -0.39 is 0 Å². The Hall–Kier alpha value is -0.370. The number of hydrogen-bond donors (Lipinski definition) is 0. The summed E-state index contributed by atoms with van der Waals surface area (Å²) in [5, 5.41) is 0. The van der Waals surface area contributed by atoms with Gasteiger partial charge >= 0.3 is 0 Å². The normalized spacial score (nSPS) is 41.7. The maximum atomic E-state index is 11.9. The number of ketones is 1. The van der Waals surface area contributed by atoms with E-state index in [2.05, 4.69) is 18.9 Å². The summed E-state index contributed by atoms with van der Waals surface area (Å²) in [4.78, 5) is 14.3. The average Bonchev–Trinajstić information content (AvgIpc) is 2.15. The molecular weight excluding hydrogens is 162 g/mol. The molecule has 3 atom stereocenters. The van der Waals surface area contributed by atoms with Crippen LogP contribution in [0.3, 0.4) is 0 Å². The zero-order valence-electron chi connectivity index (χ0n) is 8.62. The summed E-state index contributed by atoms with van der Waals surface area (Å²) in [5.74, 6) is 1.16. The molecule has 0 N–H and O–H groups in total. The second kappa shape index (κ2) is 3.41. The van der Waals surface area contributed by atoms with Crippen molar-refractivity contribution >= 4 is 5.78 Å². The van der Waals surface area contributed by atoms with Crippen molar-refractivity contribution in [1.82, 2.24) is 4.90 Å². The van der Waals surface area contributed by atoms with Gasteiger partial charge in [-0.05, 0) is 19.9 Å². The minimum absolute atomic E-state index is 0.268. The summed E-state index contributed by atoms with van der Waals surface area (Å²) < 4.78 is 0. The predicted molar refractivity (Wildman–Crippen MR) is 52.5 cm³/mol. The molecule has 13 heavy (non-hydrogen) atoms. The number of piperidine rings is 1. The smallest absolute Gasteiger partial charge is 0.141 e. The van der Waals surface area contributed by atoms with E-state index in [0.29, 0.717) is 17.7 Å². The molecule has 1 aliphatic carbocycles. The van der Waals surface area contributed by atoms with Crippen LogP contribution in [0.4, 0.5) is 0 Å². The fourth-order valence-corrected chi connectivity index (χ4v) is 2.99. The molecule has 2 nitrogen and oxygen atoms in total. The molecule has 2 heteroatoms. The van der Waals surface area contributed by atoms with Gasteiger partial charge in [-0.15, -0.1) is 0 Å². The molecule has 1 aliphatic heterocycles. The first-order valence-corrected chi connectivity index (χ1v) is 5.44. The molecule has 2 fully saturated rings. The van der Waals surface area contributed by atoms with Crippen LogP contribution in [0, 0.1) is 11.8 Å². The molecular formula is C11H19NO. The summed E-state index contributed by atoms with van der Waals surface area (Å²) in [6.07, 6.45) is 4.94. The van der Waals surface area contributed by atoms with Gasteiger partial charge in [-0.3, -0.25) is 4.79 Å². The summed E-state index contributed by atoms with van der Waals surface area (Å²) in [7, 11) is 2.17. The molecule has 2 aliphatic rings. The van der Waals surface area contributed by atoms with Gasteiger partial charge in [-0.2, -0.15) is 0 Å². The highest BCUT2D eigenvalue weighted by molar-refractivity contribution is 5.84. The van der Waals surface area contributed by atoms with E-state index in [4.69, 9.17) is 0 Å². The molecule has 0 aromatic rings. The number of nitrogens with zero attached hydrogens (tertiary/aromatic N) is 1. The van der Waals surface area contributed by atoms with E-state index in [1.54, 1.807) is 0 Å². The van der Waals surface area contributed by atoms with E-state index in [1.807, 2.05) is 0 Å². The highest BCUT2D eigenvalue weighted by Gasteiger charge is 2.39. The van der Waals surface area contributed by atoms with Crippen molar-refractivity contribution in [3.8, 4) is 0 Å². The fraction of sp³-hybridized carbons (Fsp3) is 0.909. The molecule has 0 bridgehead atoms. The number of hydrogen-bond acceptors (Lipinski definition) is 2. The Morgan fingerprint density at radius 1 is 1.31 bits per heavy atom. The van der Waals surface area contributed by atoms with Gasteiger partial charge in [0.05, 0.1) is 0 Å². The van der Waals surface area contributed by atoms with Crippen molar-refractivity contribution in [2.24, 2.45) is 11.8 Å². The summed E-state index contributed by atoms with van der Waals surface area (Å²) in [6, 6.07) is 0.567. The lowest BCUT2D eigenvalue weighted by Gasteiger charge is -2.43. The van der Waals surface area contributed by atoms with Gasteiger partial charge in [-0.25, -0.2) is 0 Å². The Morgan fingerprint density at radius 2 is 2.00 bits per heavy atom. The Balaban J connectivity index is 2.15. The first-order chi connectivity index (χ1) is 6.20. The largest absolute Gasteiger partial charge is 0.302 e. The van der Waals surface area contributed by atoms with Crippen LogP contribution in [0.2, 0.25) is 0 Å². The molecule has 3 unspecified atom stereocenters. The van der Waals surface area contributed by atoms with Crippen LogP contribution in [0.15, 0.2) is 0 Å². The van der Waals surface area contributed by atoms with Gasteiger partial charge < -0.3 is 4.90 Å². The number of carbonyl (C=O) groups is 1. The number of carbonyl (C=O) groups excluding carboxylic acids is 1. The monoisotopic (exact) mass is 181 g/mol. The van der Waals surface area contributed by atoms with Crippen LogP contribution < -0.4 is 0 Å². The Bertz CT molecular complexity index is 214. The lowest BCUT2D eigenvalue weighted by atomic mass is 9.75. The number of fused-ring (bicyclic) bond motifs is 1. The van der Waals surface area contributed by atoms with Crippen molar-refractivity contribution in [3.05, 3.63) is 0 Å². The van der Waals surface area contributed by atoms with Crippen LogP contribution in [0.25, 0.3) is 0 Å². The van der Waals surface area contributed by atoms with Crippen LogP contribution in [-0.2, 0) is 4.79 Å². The van der Waals surface area contributed by atoms with Crippen molar-refractivity contribution in [3.63, 3.8) is 0 Å². The summed E-state index contributed by atoms with van der Waals surface area (Å²) in [5.41, 5.74) is 0. The molecule has 0 spiro atoms. The summed E-state index contributed by atoms with van der Waals surface area (Å²) in [6.45, 7) is 3.05. The second-order valence-corrected chi connectivity index (χ2v) is 4.70. The van der Waals surface area contributed by atoms with E-state index in [-0.39, 0.29) is 5.92 Å². The first-order valence-electron chi connectivity index (χ1n) is 5.44. The van der Waals surface area contributed by atoms with E-state index in [1.165, 1.54) is 19.3 Å². The predicted octanol–water partition coefficient (Wildman–Crippen LogP) is 1.70. The lowest BCUT2D eigenvalue weighted by molar-refractivity contribution is -0.134. The highest BCUT2D eigenvalue weighted by atomic mass is 16.1. The van der Waals surface area contributed by atoms with Gasteiger partial charge in [0.25, 0.3) is 0 Å². The Morgan fingerprint density at radius 3 is 2.77 bits per heavy atom. The van der Waals surface area contributed by atoms with E-state index in [0.717, 1.165) is 13.0 Å². The third kappa shape index (κ3) is 1.52. The van der Waals surface area contributed by atoms with Gasteiger partial charge in [0, 0.05) is 24.4 Å². The maximum absolute atomic E-state index is 11.9. The molecule has 1 heterocycles. The van der Waals surface area contributed by atoms with E-state index >= 15 is 0 Å². The Kier molecular flexibility index (Phi) is 2.41. The number of rotatable bonds is 0. The molecule has 1 saturated heterocycles. The highest BCUT2D eigenvalue weighted by Crippen LogP contribution is 2.34. The molecule has 0 radical (unpaired) electrons. The quantitative estimate of drug-likeness (QED) is 0.567. The Labute approximate surface area is 80.3 Å². The number of likely N-dealkylation sites (tertiary alicyclic amines) is 1. The zero-order valence-corrected chi connectivity index (χ0v) is 8.62. The molecule has 0 aromatic carbocycles. The van der Waals surface area contributed by atoms with Crippen LogP contribution in [0.1, 0.15) is 32.6 Å². The first kappa shape index (κ1) is 9.20. The van der Waals surface area contributed by atoms with Crippen molar-refractivity contribution < 1.29 is 4.79 Å². The minimum Gasteiger partial charge on any atom is -0.302 e. The molecule has 74 valence electrons. The zero-order chi connectivity index (χ0) is 9.42. The summed E-state index contributed by atoms with van der Waals surface area (Å²) >= 11 is 0. The standard InChI is InChI=1S/C11H19NO/c1-8-7-12(2)10-6-4-3-5-9(10)11(8)13/h8-10H,3-7H2,1-2H3. The second-order valence-electron chi connectivity index (χ2n) is 4.70. The van der Waals surface area contributed by atoms with Gasteiger partial charge in [0.1, 0.15) is 5.78 Å². The van der Waals surface area contributed by atoms with Gasteiger partial charge in [0.2, 0.25) is 0 Å². The van der Waals surface area contributed by atoms with Gasteiger partial charge in [-0.1, -0.05) is 19.8 Å². The molecule has 1 saturated carbocycles. The fourth-order valence-electron chi connectivity index (χ4n) is 2.99. The van der Waals surface area contributed by atoms with Crippen molar-refractivity contribution in [1.29, 1.82) is 0 Å². The lowest BCUT2D eigenvalue weighted by Crippen LogP contribution is -2.52. The topological polar surface area (TPSA) is 20.3 Å². The van der Waals surface area contributed by atoms with Crippen LogP contribution >= 0.6 is 0 Å². The van der Waals surface area contributed by atoms with E-state index in [9.17, 15) is 4.79 Å². The molecule has 2 rings (SSSR count). The minimum atomic E-state index is 0.268. The van der Waals surface area contributed by atoms with Crippen LogP contribution in [-0.4, -0.2) is 30.3 Å². The van der Waals surface area contributed by atoms with Crippen molar-refractivity contribution in [2.75, 3.05) is 13.6 Å². The van der Waals surface area contributed by atoms with Gasteiger partial charge in [0.15, 0.2) is 0 Å². The maximum Gasteiger partial charge on any atom is 0.141 e. The third-order valence-corrected chi connectivity index (χ3v) is 3.71.